The molecule has 0 saturated carbocycles. The van der Waals surface area contributed by atoms with Gasteiger partial charge in [-0.15, -0.1) is 0 Å². The highest BCUT2D eigenvalue weighted by Crippen LogP contribution is 2.44. The van der Waals surface area contributed by atoms with Crippen molar-refractivity contribution in [2.45, 2.75) is 25.9 Å². The van der Waals surface area contributed by atoms with Gasteiger partial charge in [-0.25, -0.2) is 0 Å². The summed E-state index contributed by atoms with van der Waals surface area (Å²) < 4.78 is 11.6. The Kier molecular flexibility index (Phi) is 8.46. The maximum atomic E-state index is 11.8. The summed E-state index contributed by atoms with van der Waals surface area (Å²) in [5.74, 6) is 1.73. The standard InChI is InChI=1S/C38H38Cl2N6O4/c1-49-30-10-23(6-7-24(30)15-45-19-37(20-45)12-32(47)43-17-37)26-4-3-5-27(34(26)39)28-8-9-41-36(35(28)40)25-11-31(50-2)29(42-14-25)16-46-21-38(22-46)13-33(48)44-18-38/h3-11,14H,12-13,15-22H2,1-2H3,(H,43,47)(H,44,48). The summed E-state index contributed by atoms with van der Waals surface area (Å²) in [5, 5.41) is 6.96. The fourth-order valence-corrected chi connectivity index (χ4v) is 8.85. The monoisotopic (exact) mass is 712 g/mol. The average Bonchev–Trinajstić information content (AvgIpc) is 3.68. The number of amides is 2. The molecule has 2 aromatic heterocycles. The number of benzene rings is 2. The Morgan fingerprint density at radius 1 is 0.740 bits per heavy atom. The molecule has 4 saturated heterocycles. The zero-order chi connectivity index (χ0) is 34.6. The number of nitrogens with zero attached hydrogens (tertiary/aromatic N) is 4. The van der Waals surface area contributed by atoms with E-state index in [2.05, 4.69) is 37.6 Å². The molecule has 6 heterocycles. The number of methoxy groups -OCH3 is 2. The number of likely N-dealkylation sites (tertiary alicyclic amines) is 2. The van der Waals surface area contributed by atoms with E-state index in [1.165, 1.54) is 0 Å². The zero-order valence-electron chi connectivity index (χ0n) is 28.0. The Hall–Kier alpha value is -4.22. The Morgan fingerprint density at radius 2 is 1.36 bits per heavy atom. The van der Waals surface area contributed by atoms with Crippen LogP contribution in [0, 0.1) is 10.8 Å². The molecule has 2 N–H and O–H groups in total. The maximum absolute atomic E-state index is 11.8. The number of ether oxygens (including phenoxy) is 2. The predicted molar refractivity (Wildman–Crippen MR) is 192 cm³/mol. The minimum atomic E-state index is 0.0471. The van der Waals surface area contributed by atoms with Gasteiger partial charge in [0, 0.05) is 116 Å². The van der Waals surface area contributed by atoms with Crippen LogP contribution in [0.4, 0.5) is 0 Å². The second-order valence-electron chi connectivity index (χ2n) is 14.3. The number of nitrogens with one attached hydrogen (secondary N) is 2. The number of aromatic nitrogens is 2. The van der Waals surface area contributed by atoms with Crippen LogP contribution in [-0.2, 0) is 22.7 Å². The molecule has 10 nitrogen and oxygen atoms in total. The van der Waals surface area contributed by atoms with Gasteiger partial charge >= 0.3 is 0 Å². The molecular formula is C38H38Cl2N6O4. The molecular weight excluding hydrogens is 675 g/mol. The van der Waals surface area contributed by atoms with Gasteiger partial charge in [-0.2, -0.15) is 0 Å². The van der Waals surface area contributed by atoms with Crippen LogP contribution in [0.5, 0.6) is 11.5 Å². The van der Waals surface area contributed by atoms with Crippen LogP contribution >= 0.6 is 23.2 Å². The van der Waals surface area contributed by atoms with Gasteiger partial charge in [0.1, 0.15) is 11.5 Å². The lowest BCUT2D eigenvalue weighted by Crippen LogP contribution is -2.56. The summed E-state index contributed by atoms with van der Waals surface area (Å²) in [4.78, 5) is 37.5. The Balaban J connectivity index is 1.01. The van der Waals surface area contributed by atoms with Crippen molar-refractivity contribution >= 4 is 35.0 Å². The van der Waals surface area contributed by atoms with Gasteiger partial charge < -0.3 is 20.1 Å². The largest absolute Gasteiger partial charge is 0.496 e. The van der Waals surface area contributed by atoms with Crippen LogP contribution < -0.4 is 20.1 Å². The van der Waals surface area contributed by atoms with Crippen LogP contribution in [-0.4, -0.2) is 85.1 Å². The van der Waals surface area contributed by atoms with Crippen molar-refractivity contribution in [1.82, 2.24) is 30.4 Å². The average molecular weight is 714 g/mol. The molecule has 258 valence electrons. The Bertz CT molecular complexity index is 1870. The highest BCUT2D eigenvalue weighted by molar-refractivity contribution is 6.39. The molecule has 4 aliphatic heterocycles. The van der Waals surface area contributed by atoms with E-state index >= 15 is 0 Å². The number of halogens is 2. The molecule has 0 aliphatic carbocycles. The molecule has 8 rings (SSSR count). The van der Waals surface area contributed by atoms with Gasteiger partial charge in [0.15, 0.2) is 0 Å². The third-order valence-electron chi connectivity index (χ3n) is 10.6. The van der Waals surface area contributed by atoms with Crippen LogP contribution in [0.25, 0.3) is 33.5 Å². The van der Waals surface area contributed by atoms with Crippen LogP contribution in [0.3, 0.4) is 0 Å². The third kappa shape index (κ3) is 5.98. The Morgan fingerprint density at radius 3 is 2.00 bits per heavy atom. The first-order valence-electron chi connectivity index (χ1n) is 16.8. The van der Waals surface area contributed by atoms with Crippen molar-refractivity contribution < 1.29 is 19.1 Å². The van der Waals surface area contributed by atoms with E-state index in [4.69, 9.17) is 37.7 Å². The van der Waals surface area contributed by atoms with Crippen LogP contribution in [0.15, 0.2) is 60.9 Å². The maximum Gasteiger partial charge on any atom is 0.220 e. The second kappa shape index (κ2) is 12.8. The smallest absolute Gasteiger partial charge is 0.220 e. The van der Waals surface area contributed by atoms with Crippen molar-refractivity contribution in [3.63, 3.8) is 0 Å². The first-order chi connectivity index (χ1) is 24.2. The van der Waals surface area contributed by atoms with Gasteiger partial charge in [0.05, 0.1) is 35.7 Å². The highest BCUT2D eigenvalue weighted by Gasteiger charge is 2.49. The van der Waals surface area contributed by atoms with Crippen molar-refractivity contribution in [3.05, 3.63) is 82.2 Å². The zero-order valence-corrected chi connectivity index (χ0v) is 29.5. The molecule has 2 aromatic carbocycles. The van der Waals surface area contributed by atoms with E-state index in [0.29, 0.717) is 40.9 Å². The molecule has 4 aliphatic rings. The molecule has 2 spiro atoms. The first-order valence-corrected chi connectivity index (χ1v) is 17.5. The molecule has 0 bridgehead atoms. The lowest BCUT2D eigenvalue weighted by Gasteiger charge is -2.47. The second-order valence-corrected chi connectivity index (χ2v) is 15.0. The molecule has 4 fully saturated rings. The SMILES string of the molecule is COc1cc(-c2cccc(-c3ccnc(-c4cnc(CN5CC6(CNC(=O)C6)C5)c(OC)c4)c3Cl)c2Cl)ccc1CN1CC2(CNC(=O)C2)C1. The first kappa shape index (κ1) is 33.0. The molecule has 4 aromatic rings. The topological polar surface area (TPSA) is 109 Å². The number of hydrogen-bond acceptors (Lipinski definition) is 8. The summed E-state index contributed by atoms with van der Waals surface area (Å²) in [6.45, 7) is 6.38. The minimum absolute atomic E-state index is 0.0471. The van der Waals surface area contributed by atoms with E-state index in [1.807, 2.05) is 36.4 Å². The molecule has 0 unspecified atom stereocenters. The van der Waals surface area contributed by atoms with Crippen molar-refractivity contribution in [1.29, 1.82) is 0 Å². The summed E-state index contributed by atoms with van der Waals surface area (Å²) in [7, 11) is 3.32. The van der Waals surface area contributed by atoms with Gasteiger partial charge in [-0.05, 0) is 23.8 Å². The minimum Gasteiger partial charge on any atom is -0.496 e. The summed E-state index contributed by atoms with van der Waals surface area (Å²) in [6, 6.07) is 15.9. The fraction of sp³-hybridized carbons (Fsp3) is 0.368. The number of hydrogen-bond donors (Lipinski definition) is 2. The molecule has 12 heteroatoms. The summed E-state index contributed by atoms with van der Waals surface area (Å²) >= 11 is 14.2. The van der Waals surface area contributed by atoms with Crippen LogP contribution in [0.1, 0.15) is 24.1 Å². The summed E-state index contributed by atoms with van der Waals surface area (Å²) in [5.41, 5.74) is 6.69. The summed E-state index contributed by atoms with van der Waals surface area (Å²) in [6.07, 6.45) is 4.70. The molecule has 0 atom stereocenters. The van der Waals surface area contributed by atoms with E-state index in [1.54, 1.807) is 26.6 Å². The number of carbonyl (C=O) groups excluding carboxylic acids is 2. The highest BCUT2D eigenvalue weighted by atomic mass is 35.5. The van der Waals surface area contributed by atoms with Crippen LogP contribution in [0.2, 0.25) is 10.0 Å². The predicted octanol–water partition coefficient (Wildman–Crippen LogP) is 5.45. The lowest BCUT2D eigenvalue weighted by molar-refractivity contribution is -0.121. The quantitative estimate of drug-likeness (QED) is 0.236. The molecule has 50 heavy (non-hydrogen) atoms. The Labute approximate surface area is 301 Å². The molecule has 2 amide bonds. The third-order valence-corrected chi connectivity index (χ3v) is 11.4. The van der Waals surface area contributed by atoms with E-state index in [-0.39, 0.29) is 22.6 Å². The van der Waals surface area contributed by atoms with Crippen molar-refractivity contribution in [2.24, 2.45) is 10.8 Å². The fourth-order valence-electron chi connectivity index (χ4n) is 8.19. The number of rotatable bonds is 9. The number of carbonyl (C=O) groups is 2. The van der Waals surface area contributed by atoms with E-state index < -0.39 is 0 Å². The van der Waals surface area contributed by atoms with Crippen molar-refractivity contribution in [3.8, 4) is 45.0 Å². The normalized spacial score (nSPS) is 19.3. The van der Waals surface area contributed by atoms with Gasteiger partial charge in [0.25, 0.3) is 0 Å². The number of pyridine rings is 2. The van der Waals surface area contributed by atoms with Gasteiger partial charge in [-0.3, -0.25) is 29.4 Å². The lowest BCUT2D eigenvalue weighted by atomic mass is 9.79. The van der Waals surface area contributed by atoms with E-state index in [0.717, 1.165) is 90.6 Å². The van der Waals surface area contributed by atoms with Gasteiger partial charge in [-0.1, -0.05) is 53.5 Å². The van der Waals surface area contributed by atoms with Crippen molar-refractivity contribution in [2.75, 3.05) is 53.5 Å². The van der Waals surface area contributed by atoms with Gasteiger partial charge in [0.2, 0.25) is 11.8 Å². The molecule has 0 radical (unpaired) electrons. The van der Waals surface area contributed by atoms with E-state index in [9.17, 15) is 9.59 Å².